The molecule has 4 aromatic rings. The molecule has 0 unspecified atom stereocenters. The van der Waals surface area contributed by atoms with Crippen molar-refractivity contribution in [3.05, 3.63) is 65.1 Å². The Morgan fingerprint density at radius 2 is 2.14 bits per heavy atom. The minimum atomic E-state index is -0.152. The number of fused-ring (bicyclic) bond motifs is 1. The van der Waals surface area contributed by atoms with Gasteiger partial charge in [-0.15, -0.1) is 28.1 Å². The van der Waals surface area contributed by atoms with Crippen LogP contribution in [0.2, 0.25) is 0 Å². The summed E-state index contributed by atoms with van der Waals surface area (Å²) in [5, 5.41) is 15.4. The molecule has 0 saturated carbocycles. The van der Waals surface area contributed by atoms with Gasteiger partial charge in [-0.2, -0.15) is 0 Å². The van der Waals surface area contributed by atoms with Gasteiger partial charge in [-0.25, -0.2) is 4.98 Å². The summed E-state index contributed by atoms with van der Waals surface area (Å²) in [5.41, 5.74) is 1.04. The van der Waals surface area contributed by atoms with Crippen LogP contribution >= 0.6 is 39.0 Å². The van der Waals surface area contributed by atoms with Crippen LogP contribution in [0.5, 0.6) is 0 Å². The molecule has 1 amide bonds. The highest BCUT2D eigenvalue weighted by Crippen LogP contribution is 2.34. The molecule has 0 spiro atoms. The Balaban J connectivity index is 1.53. The number of amides is 1. The van der Waals surface area contributed by atoms with Crippen LogP contribution in [0.1, 0.15) is 0 Å². The molecular formula is C20H16BrN5OS2. The van der Waals surface area contributed by atoms with Gasteiger partial charge in [0.05, 0.1) is 5.75 Å². The number of allylic oxidation sites excluding steroid dienone is 1. The summed E-state index contributed by atoms with van der Waals surface area (Å²) in [6.45, 7) is 4.41. The van der Waals surface area contributed by atoms with Crippen LogP contribution in [0.3, 0.4) is 0 Å². The highest BCUT2D eigenvalue weighted by Gasteiger charge is 2.17. The van der Waals surface area contributed by atoms with Crippen LogP contribution in [0.4, 0.5) is 5.82 Å². The quantitative estimate of drug-likeness (QED) is 0.286. The number of nitrogens with one attached hydrogen (secondary N) is 1. The number of thiophene rings is 1. The summed E-state index contributed by atoms with van der Waals surface area (Å²) in [7, 11) is 0. The molecular weight excluding hydrogens is 470 g/mol. The number of carbonyl (C=O) groups excluding carboxylic acids is 1. The van der Waals surface area contributed by atoms with E-state index in [0.717, 1.165) is 21.2 Å². The zero-order chi connectivity index (χ0) is 20.2. The van der Waals surface area contributed by atoms with Gasteiger partial charge in [0.1, 0.15) is 5.82 Å². The van der Waals surface area contributed by atoms with Gasteiger partial charge >= 0.3 is 0 Å². The third-order valence-electron chi connectivity index (χ3n) is 4.08. The van der Waals surface area contributed by atoms with Gasteiger partial charge in [0.25, 0.3) is 0 Å². The predicted octanol–water partition coefficient (Wildman–Crippen LogP) is 5.23. The van der Waals surface area contributed by atoms with Crippen LogP contribution < -0.4 is 5.32 Å². The van der Waals surface area contributed by atoms with Crippen molar-refractivity contribution in [2.75, 3.05) is 11.1 Å². The summed E-state index contributed by atoms with van der Waals surface area (Å²) in [6.07, 6.45) is 3.44. The molecule has 6 nitrogen and oxygen atoms in total. The number of aromatic nitrogens is 4. The average molecular weight is 486 g/mol. The summed E-state index contributed by atoms with van der Waals surface area (Å²) >= 11 is 6.34. The van der Waals surface area contributed by atoms with E-state index in [1.807, 2.05) is 22.8 Å². The second kappa shape index (κ2) is 8.89. The van der Waals surface area contributed by atoms with E-state index < -0.39 is 0 Å². The van der Waals surface area contributed by atoms with Crippen molar-refractivity contribution in [3.63, 3.8) is 0 Å². The first-order valence-corrected chi connectivity index (χ1v) is 11.4. The minimum absolute atomic E-state index is 0.152. The summed E-state index contributed by atoms with van der Waals surface area (Å²) in [6, 6.07) is 11.8. The molecule has 146 valence electrons. The fourth-order valence-electron chi connectivity index (χ4n) is 2.80. The Hall–Kier alpha value is -2.49. The SMILES string of the molecule is C=CCn1c(SCC(=O)Nc2ccc(Br)cn2)nnc1-c1csc2ccccc12. The molecule has 0 aliphatic carbocycles. The maximum atomic E-state index is 12.3. The smallest absolute Gasteiger partial charge is 0.236 e. The van der Waals surface area contributed by atoms with Crippen LogP contribution in [0.15, 0.2) is 70.3 Å². The van der Waals surface area contributed by atoms with Gasteiger partial charge in [0.15, 0.2) is 11.0 Å². The van der Waals surface area contributed by atoms with Gasteiger partial charge in [0.2, 0.25) is 5.91 Å². The molecule has 29 heavy (non-hydrogen) atoms. The number of carbonyl (C=O) groups is 1. The maximum absolute atomic E-state index is 12.3. The number of benzene rings is 1. The highest BCUT2D eigenvalue weighted by molar-refractivity contribution is 9.10. The maximum Gasteiger partial charge on any atom is 0.236 e. The minimum Gasteiger partial charge on any atom is -0.310 e. The molecule has 0 saturated heterocycles. The number of thioether (sulfide) groups is 1. The summed E-state index contributed by atoms with van der Waals surface area (Å²) < 4.78 is 4.04. The topological polar surface area (TPSA) is 72.7 Å². The Labute approximate surface area is 184 Å². The van der Waals surface area contributed by atoms with E-state index in [9.17, 15) is 4.79 Å². The van der Waals surface area contributed by atoms with Gasteiger partial charge < -0.3 is 5.32 Å². The van der Waals surface area contributed by atoms with Crippen LogP contribution in [0, 0.1) is 0 Å². The first-order valence-electron chi connectivity index (χ1n) is 8.70. The van der Waals surface area contributed by atoms with E-state index >= 15 is 0 Å². The number of halogens is 1. The van der Waals surface area contributed by atoms with E-state index in [1.165, 1.54) is 16.5 Å². The first kappa shape index (κ1) is 19.8. The van der Waals surface area contributed by atoms with Crippen LogP contribution in [-0.4, -0.2) is 31.4 Å². The van der Waals surface area contributed by atoms with Crippen molar-refractivity contribution in [1.29, 1.82) is 0 Å². The number of pyridine rings is 1. The van der Waals surface area contributed by atoms with Crippen molar-refractivity contribution in [2.24, 2.45) is 0 Å². The number of anilines is 1. The molecule has 1 aromatic carbocycles. The highest BCUT2D eigenvalue weighted by atomic mass is 79.9. The van der Waals surface area contributed by atoms with Gasteiger partial charge in [-0.05, 0) is 34.1 Å². The molecule has 9 heteroatoms. The number of nitrogens with zero attached hydrogens (tertiary/aromatic N) is 4. The predicted molar refractivity (Wildman–Crippen MR) is 122 cm³/mol. The third-order valence-corrected chi connectivity index (χ3v) is 6.48. The Morgan fingerprint density at radius 3 is 2.93 bits per heavy atom. The lowest BCUT2D eigenvalue weighted by Crippen LogP contribution is -2.15. The molecule has 0 atom stereocenters. The second-order valence-electron chi connectivity index (χ2n) is 6.05. The van der Waals surface area contributed by atoms with Gasteiger partial charge in [0, 0.05) is 38.2 Å². The van der Waals surface area contributed by atoms with Crippen molar-refractivity contribution in [3.8, 4) is 11.4 Å². The lowest BCUT2D eigenvalue weighted by molar-refractivity contribution is -0.113. The van der Waals surface area contributed by atoms with Crippen LogP contribution in [-0.2, 0) is 11.3 Å². The summed E-state index contributed by atoms with van der Waals surface area (Å²) in [4.78, 5) is 16.4. The normalized spacial score (nSPS) is 10.9. The molecule has 3 aromatic heterocycles. The van der Waals surface area contributed by atoms with Crippen molar-refractivity contribution in [1.82, 2.24) is 19.7 Å². The first-order chi connectivity index (χ1) is 14.2. The van der Waals surface area contributed by atoms with Gasteiger partial charge in [-0.1, -0.05) is 36.0 Å². The van der Waals surface area contributed by atoms with E-state index in [0.29, 0.717) is 17.5 Å². The van der Waals surface area contributed by atoms with E-state index in [4.69, 9.17) is 0 Å². The third kappa shape index (κ3) is 4.42. The standard InChI is InChI=1S/C20H16BrN5OS2/c1-2-9-26-19(15-11-28-16-6-4-3-5-14(15)16)24-25-20(26)29-12-18(27)23-17-8-7-13(21)10-22-17/h2-8,10-11H,1,9,12H2,(H,22,23,27). The Kier molecular flexibility index (Phi) is 6.08. The van der Waals surface area contributed by atoms with Crippen LogP contribution in [0.25, 0.3) is 21.5 Å². The lowest BCUT2D eigenvalue weighted by Gasteiger charge is -2.08. The molecule has 4 rings (SSSR count). The van der Waals surface area contributed by atoms with Crippen molar-refractivity contribution in [2.45, 2.75) is 11.7 Å². The monoisotopic (exact) mass is 485 g/mol. The Bertz CT molecular complexity index is 1170. The Morgan fingerprint density at radius 1 is 1.28 bits per heavy atom. The molecule has 0 aliphatic heterocycles. The van der Waals surface area contributed by atoms with Gasteiger partial charge in [-0.3, -0.25) is 9.36 Å². The fourth-order valence-corrected chi connectivity index (χ4v) is 4.72. The van der Waals surface area contributed by atoms with E-state index in [2.05, 4.69) is 60.5 Å². The number of rotatable bonds is 7. The molecule has 3 heterocycles. The number of hydrogen-bond acceptors (Lipinski definition) is 6. The lowest BCUT2D eigenvalue weighted by atomic mass is 10.1. The molecule has 0 aliphatic rings. The average Bonchev–Trinajstić information content (AvgIpc) is 3.32. The van der Waals surface area contributed by atoms with E-state index in [1.54, 1.807) is 29.7 Å². The molecule has 1 N–H and O–H groups in total. The molecule has 0 bridgehead atoms. The number of hydrogen-bond donors (Lipinski definition) is 1. The van der Waals surface area contributed by atoms with Crippen molar-refractivity contribution >= 4 is 60.8 Å². The fraction of sp³-hybridized carbons (Fsp3) is 0.100. The van der Waals surface area contributed by atoms with E-state index in [-0.39, 0.29) is 11.7 Å². The zero-order valence-electron chi connectivity index (χ0n) is 15.2. The zero-order valence-corrected chi connectivity index (χ0v) is 18.4. The molecule has 0 radical (unpaired) electrons. The van der Waals surface area contributed by atoms with Crippen molar-refractivity contribution < 1.29 is 4.79 Å². The molecule has 0 fully saturated rings. The second-order valence-corrected chi connectivity index (χ2v) is 8.82. The largest absolute Gasteiger partial charge is 0.310 e. The summed E-state index contributed by atoms with van der Waals surface area (Å²) in [5.74, 6) is 1.34.